The van der Waals surface area contributed by atoms with E-state index in [2.05, 4.69) is 23.4 Å². The van der Waals surface area contributed by atoms with Gasteiger partial charge >= 0.3 is 0 Å². The largest absolute Gasteiger partial charge is 0.412 e. The molecule has 6 nitrogen and oxygen atoms in total. The molecule has 0 aliphatic carbocycles. The van der Waals surface area contributed by atoms with Gasteiger partial charge in [0.2, 0.25) is 0 Å². The molecule has 6 N–H and O–H groups in total. The van der Waals surface area contributed by atoms with Crippen molar-refractivity contribution >= 4 is 0 Å². The van der Waals surface area contributed by atoms with Gasteiger partial charge < -0.3 is 11.6 Å². The summed E-state index contributed by atoms with van der Waals surface area (Å²) in [4.78, 5) is 21.5. The van der Waals surface area contributed by atoms with Gasteiger partial charge in [-0.15, -0.1) is 6.42 Å². The van der Waals surface area contributed by atoms with Crippen LogP contribution in [0.5, 0.6) is 0 Å². The van der Waals surface area contributed by atoms with Crippen molar-refractivity contribution in [1.29, 1.82) is 5.59 Å². The fraction of sp³-hybridized carbons (Fsp3) is 0.333. The minimum Gasteiger partial charge on any atom is -0.412 e. The molecule has 12 heavy (non-hydrogen) atoms. The van der Waals surface area contributed by atoms with Gasteiger partial charge in [-0.05, 0) is 18.8 Å². The van der Waals surface area contributed by atoms with Crippen molar-refractivity contribution in [2.45, 2.75) is 14.4 Å². The molecule has 0 bridgehead atoms. The molecule has 0 amide bonds. The third-order valence-electron chi connectivity index (χ3n) is 0.197. The zero-order chi connectivity index (χ0) is 8.12. The summed E-state index contributed by atoms with van der Waals surface area (Å²) < 4.78 is 0. The SMILES string of the molecule is C.C#CC#CC.N.N=O.O.O=O. The van der Waals surface area contributed by atoms with Gasteiger partial charge in [-0.25, -0.2) is 0 Å². The average Bonchev–Trinajstić information content (AvgIpc) is 1.98. The monoisotopic (exact) mass is 178 g/mol. The van der Waals surface area contributed by atoms with Crippen molar-refractivity contribution in [2.75, 3.05) is 0 Å². The third-order valence-corrected chi connectivity index (χ3v) is 0.197. The van der Waals surface area contributed by atoms with E-state index >= 15 is 0 Å². The number of hydrogen-bond donors (Lipinski definition) is 2. The molecule has 0 aliphatic rings. The van der Waals surface area contributed by atoms with Crippen LogP contribution in [0.25, 0.3) is 0 Å². The second kappa shape index (κ2) is 408. The van der Waals surface area contributed by atoms with Gasteiger partial charge in [0, 0.05) is 9.93 Å². The Kier molecular flexibility index (Phi) is 1650. The molecular weight excluding hydrogens is 164 g/mol. The van der Waals surface area contributed by atoms with Crippen LogP contribution in [0.15, 0.2) is 0 Å². The van der Waals surface area contributed by atoms with Gasteiger partial charge in [-0.2, -0.15) is 4.91 Å². The quantitative estimate of drug-likeness (QED) is 0.421. The van der Waals surface area contributed by atoms with Crippen LogP contribution in [0.1, 0.15) is 14.4 Å². The summed E-state index contributed by atoms with van der Waals surface area (Å²) in [6.45, 7) is 1.71. The summed E-state index contributed by atoms with van der Waals surface area (Å²) in [5.74, 6) is 7.08. The number of nitrogens with one attached hydrogen (secondary N) is 1. The Bertz CT molecular complexity index is 131. The highest BCUT2D eigenvalue weighted by Crippen LogP contribution is 1.41. The zero-order valence-corrected chi connectivity index (χ0v) is 6.01. The summed E-state index contributed by atoms with van der Waals surface area (Å²) in [7, 11) is 0. The van der Waals surface area contributed by atoms with E-state index in [1.54, 1.807) is 6.92 Å². The standard InChI is InChI=1S/C5H4.CH4.HNO.H3N.O2.H2O/c1-3-5-4-2;;1-2;;1-2;/h1H,2H3;1H4;1H;1H3;;1H2. The second-order valence-corrected chi connectivity index (χ2v) is 0.519. The molecule has 0 aromatic heterocycles. The Hall–Kier alpha value is -1.76. The summed E-state index contributed by atoms with van der Waals surface area (Å²) >= 11 is 0. The molecule has 0 spiro atoms. The maximum Gasteiger partial charge on any atom is 0 e. The molecular formula is C6H14N2O4. The fourth-order valence-corrected chi connectivity index (χ4v) is 0.0722. The van der Waals surface area contributed by atoms with Crippen LogP contribution in [-0.2, 0) is 0 Å². The maximum absolute atomic E-state index is 7.50. The smallest absolute Gasteiger partial charge is 0 e. The summed E-state index contributed by atoms with van der Waals surface area (Å²) in [6, 6.07) is 0. The first-order valence-corrected chi connectivity index (χ1v) is 1.66. The maximum atomic E-state index is 7.50. The Morgan fingerprint density at radius 3 is 1.50 bits per heavy atom. The number of terminal acetylenes is 1. The lowest BCUT2D eigenvalue weighted by molar-refractivity contribution is 0.824. The topological polar surface area (TPSA) is 142 Å². The first kappa shape index (κ1) is 48.6. The van der Waals surface area contributed by atoms with Crippen molar-refractivity contribution in [3.8, 4) is 24.2 Å². The van der Waals surface area contributed by atoms with E-state index in [9.17, 15) is 0 Å². The molecule has 0 heterocycles. The Morgan fingerprint density at radius 2 is 1.50 bits per heavy atom. The van der Waals surface area contributed by atoms with Crippen molar-refractivity contribution in [3.63, 3.8) is 0 Å². The average molecular weight is 178 g/mol. The highest BCUT2D eigenvalue weighted by Gasteiger charge is 1.35. The summed E-state index contributed by atoms with van der Waals surface area (Å²) in [6.07, 6.45) is 4.72. The van der Waals surface area contributed by atoms with E-state index in [0.29, 0.717) is 0 Å². The van der Waals surface area contributed by atoms with E-state index in [-0.39, 0.29) is 19.1 Å². The van der Waals surface area contributed by atoms with Crippen LogP contribution in [0.3, 0.4) is 0 Å². The van der Waals surface area contributed by atoms with E-state index in [1.807, 2.05) is 0 Å². The minimum atomic E-state index is 0. The summed E-state index contributed by atoms with van der Waals surface area (Å²) in [5, 5.41) is 0. The van der Waals surface area contributed by atoms with E-state index in [0.717, 1.165) is 0 Å². The normalized spacial score (nSPS) is 2.00. The molecule has 0 fully saturated rings. The second-order valence-electron chi connectivity index (χ2n) is 0.519. The fourth-order valence-electron chi connectivity index (χ4n) is 0.0722. The number of rotatable bonds is 0. The molecule has 72 valence electrons. The number of hydrogen-bond acceptors (Lipinski definition) is 5. The van der Waals surface area contributed by atoms with Gasteiger partial charge in [-0.3, -0.25) is 0 Å². The Balaban J connectivity index is -0.0000000116. The summed E-state index contributed by atoms with van der Waals surface area (Å²) in [5.41, 5.74) is 4.50. The molecule has 0 unspecified atom stereocenters. The molecule has 0 saturated carbocycles. The van der Waals surface area contributed by atoms with Crippen molar-refractivity contribution in [1.82, 2.24) is 6.15 Å². The van der Waals surface area contributed by atoms with Crippen LogP contribution in [0, 0.1) is 44.6 Å². The molecule has 0 aliphatic heterocycles. The highest BCUT2D eigenvalue weighted by molar-refractivity contribution is 5.20. The molecule has 0 rings (SSSR count). The Labute approximate surface area is 71.6 Å². The first-order valence-electron chi connectivity index (χ1n) is 1.66. The minimum absolute atomic E-state index is 0. The Morgan fingerprint density at radius 1 is 1.25 bits per heavy atom. The van der Waals surface area contributed by atoms with E-state index < -0.39 is 0 Å². The molecule has 0 aromatic rings. The van der Waals surface area contributed by atoms with Gasteiger partial charge in [0.05, 0.1) is 0 Å². The van der Waals surface area contributed by atoms with Gasteiger partial charge in [-0.1, -0.05) is 18.9 Å². The first-order chi connectivity index (χ1) is 4.41. The van der Waals surface area contributed by atoms with E-state index in [4.69, 9.17) is 21.3 Å². The lowest BCUT2D eigenvalue weighted by atomic mass is 10.6. The highest BCUT2D eigenvalue weighted by atomic mass is 16.7. The van der Waals surface area contributed by atoms with Gasteiger partial charge in [0.25, 0.3) is 0 Å². The van der Waals surface area contributed by atoms with Crippen LogP contribution < -0.4 is 6.15 Å². The van der Waals surface area contributed by atoms with Crippen LogP contribution in [0.2, 0.25) is 0 Å². The molecule has 0 aromatic carbocycles. The van der Waals surface area contributed by atoms with E-state index in [1.165, 1.54) is 0 Å². The van der Waals surface area contributed by atoms with Gasteiger partial charge in [0.1, 0.15) is 0 Å². The van der Waals surface area contributed by atoms with Gasteiger partial charge in [0.15, 0.2) is 0 Å². The van der Waals surface area contributed by atoms with Crippen LogP contribution in [0.4, 0.5) is 0 Å². The predicted octanol–water partition coefficient (Wildman–Crippen LogP) is 1.01. The number of nitroso groups, excluding NO2 is 1. The van der Waals surface area contributed by atoms with Crippen molar-refractivity contribution in [2.24, 2.45) is 0 Å². The van der Waals surface area contributed by atoms with Crippen molar-refractivity contribution in [3.05, 3.63) is 14.8 Å². The third kappa shape index (κ3) is 7500. The molecule has 0 saturated heterocycles. The van der Waals surface area contributed by atoms with Crippen molar-refractivity contribution < 1.29 is 5.48 Å². The molecule has 0 atom stereocenters. The lowest BCUT2D eigenvalue weighted by Gasteiger charge is -1.42. The zero-order valence-electron chi connectivity index (χ0n) is 6.01. The predicted molar refractivity (Wildman–Crippen MR) is 50.5 cm³/mol. The lowest BCUT2D eigenvalue weighted by Crippen LogP contribution is -1.36. The van der Waals surface area contributed by atoms with Crippen LogP contribution in [-0.4, -0.2) is 5.48 Å². The molecule has 6 heteroatoms. The van der Waals surface area contributed by atoms with Crippen LogP contribution >= 0.6 is 0 Å². The molecule has 0 radical (unpaired) electrons.